The zero-order valence-electron chi connectivity index (χ0n) is 11.8. The van der Waals surface area contributed by atoms with Crippen LogP contribution in [0.2, 0.25) is 0 Å². The molecule has 0 N–H and O–H groups in total. The van der Waals surface area contributed by atoms with Gasteiger partial charge in [0, 0.05) is 12.4 Å². The maximum atomic E-state index is 11.3. The van der Waals surface area contributed by atoms with Crippen LogP contribution in [0.4, 0.5) is 0 Å². The molecule has 0 bridgehead atoms. The predicted molar refractivity (Wildman–Crippen MR) is 75.2 cm³/mol. The van der Waals surface area contributed by atoms with Crippen molar-refractivity contribution in [2.24, 2.45) is 0 Å². The molecule has 2 heterocycles. The second-order valence-electron chi connectivity index (χ2n) is 5.53. The van der Waals surface area contributed by atoms with E-state index in [0.717, 1.165) is 24.0 Å². The Kier molecular flexibility index (Phi) is 3.51. The van der Waals surface area contributed by atoms with E-state index in [9.17, 15) is 4.79 Å². The number of hydrogen-bond donors (Lipinski definition) is 0. The topological polar surface area (TPSA) is 47.8 Å². The first-order chi connectivity index (χ1) is 8.97. The van der Waals surface area contributed by atoms with Crippen molar-refractivity contribution in [1.29, 1.82) is 0 Å². The molecular formula is C15H19N3O. The highest BCUT2D eigenvalue weighted by Crippen LogP contribution is 2.25. The molecule has 0 unspecified atom stereocenters. The smallest absolute Gasteiger partial charge is 0.153 e. The molecule has 0 saturated heterocycles. The number of nitrogens with zero attached hydrogens (tertiary/aromatic N) is 3. The minimum absolute atomic E-state index is 0.156. The molecule has 100 valence electrons. The van der Waals surface area contributed by atoms with E-state index < -0.39 is 0 Å². The molecule has 19 heavy (non-hydrogen) atoms. The number of aryl methyl sites for hydroxylation is 1. The Hall–Kier alpha value is -1.97. The highest BCUT2D eigenvalue weighted by atomic mass is 16.1. The minimum atomic E-state index is -0.156. The molecule has 0 aliphatic carbocycles. The SMILES string of the molecule is CCc1cccnc1-c1nn(C(C)(C)C)cc1C=O. The predicted octanol–water partition coefficient (Wildman–Crippen LogP) is 3.08. The van der Waals surface area contributed by atoms with E-state index in [0.29, 0.717) is 11.3 Å². The molecule has 0 aromatic carbocycles. The van der Waals surface area contributed by atoms with E-state index in [1.54, 1.807) is 12.4 Å². The Bertz CT molecular complexity index is 594. The van der Waals surface area contributed by atoms with Crippen LogP contribution >= 0.6 is 0 Å². The maximum Gasteiger partial charge on any atom is 0.153 e. The zero-order valence-corrected chi connectivity index (χ0v) is 11.8. The first-order valence-corrected chi connectivity index (χ1v) is 6.47. The molecule has 0 aliphatic heterocycles. The molecule has 2 aromatic heterocycles. The number of rotatable bonds is 3. The summed E-state index contributed by atoms with van der Waals surface area (Å²) < 4.78 is 1.82. The average Bonchev–Trinajstić information content (AvgIpc) is 2.82. The molecule has 0 fully saturated rings. The number of pyridine rings is 1. The van der Waals surface area contributed by atoms with Crippen LogP contribution in [-0.2, 0) is 12.0 Å². The van der Waals surface area contributed by atoms with Crippen LogP contribution in [0.15, 0.2) is 24.5 Å². The third-order valence-corrected chi connectivity index (χ3v) is 3.05. The molecule has 4 heteroatoms. The van der Waals surface area contributed by atoms with E-state index in [2.05, 4.69) is 37.8 Å². The van der Waals surface area contributed by atoms with Gasteiger partial charge in [-0.1, -0.05) is 13.0 Å². The van der Waals surface area contributed by atoms with Gasteiger partial charge in [0.1, 0.15) is 5.69 Å². The number of carbonyl (C=O) groups is 1. The van der Waals surface area contributed by atoms with Gasteiger partial charge >= 0.3 is 0 Å². The summed E-state index contributed by atoms with van der Waals surface area (Å²) in [5.41, 5.74) is 3.00. The lowest BCUT2D eigenvalue weighted by atomic mass is 10.1. The molecule has 2 aromatic rings. The fourth-order valence-electron chi connectivity index (χ4n) is 1.94. The van der Waals surface area contributed by atoms with Gasteiger partial charge in [0.05, 0.1) is 16.8 Å². The quantitative estimate of drug-likeness (QED) is 0.794. The van der Waals surface area contributed by atoms with Crippen molar-refractivity contribution in [3.05, 3.63) is 35.7 Å². The van der Waals surface area contributed by atoms with E-state index in [1.165, 1.54) is 0 Å². The summed E-state index contributed by atoms with van der Waals surface area (Å²) >= 11 is 0. The molecule has 0 radical (unpaired) electrons. The third kappa shape index (κ3) is 2.57. The van der Waals surface area contributed by atoms with Gasteiger partial charge in [0.25, 0.3) is 0 Å². The largest absolute Gasteiger partial charge is 0.298 e. The highest BCUT2D eigenvalue weighted by Gasteiger charge is 2.20. The van der Waals surface area contributed by atoms with E-state index in [4.69, 9.17) is 0 Å². The molecule has 0 aliphatic rings. The summed E-state index contributed by atoms with van der Waals surface area (Å²) in [7, 11) is 0. The molecule has 4 nitrogen and oxygen atoms in total. The van der Waals surface area contributed by atoms with Crippen molar-refractivity contribution in [3.8, 4) is 11.4 Å². The normalized spacial score (nSPS) is 11.6. The third-order valence-electron chi connectivity index (χ3n) is 3.05. The van der Waals surface area contributed by atoms with Crippen LogP contribution < -0.4 is 0 Å². The van der Waals surface area contributed by atoms with Gasteiger partial charge in [-0.2, -0.15) is 5.10 Å². The van der Waals surface area contributed by atoms with Crippen LogP contribution in [0.25, 0.3) is 11.4 Å². The van der Waals surface area contributed by atoms with Gasteiger partial charge in [0.2, 0.25) is 0 Å². The molecule has 0 amide bonds. The fraction of sp³-hybridized carbons (Fsp3) is 0.400. The van der Waals surface area contributed by atoms with Crippen LogP contribution in [0.1, 0.15) is 43.6 Å². The standard InChI is InChI=1S/C15H19N3O/c1-5-11-7-6-8-16-13(11)14-12(10-19)9-18(17-14)15(2,3)4/h6-10H,5H2,1-4H3. The number of aromatic nitrogens is 3. The van der Waals surface area contributed by atoms with Gasteiger partial charge in [-0.05, 0) is 38.8 Å². The fourth-order valence-corrected chi connectivity index (χ4v) is 1.94. The molecule has 0 spiro atoms. The van der Waals surface area contributed by atoms with Crippen LogP contribution in [0.3, 0.4) is 0 Å². The summed E-state index contributed by atoms with van der Waals surface area (Å²) in [5.74, 6) is 0. The summed E-state index contributed by atoms with van der Waals surface area (Å²) in [6, 6.07) is 3.93. The molecule has 0 saturated carbocycles. The molecular weight excluding hydrogens is 238 g/mol. The van der Waals surface area contributed by atoms with Crippen molar-refractivity contribution in [2.45, 2.75) is 39.7 Å². The van der Waals surface area contributed by atoms with E-state index >= 15 is 0 Å². The van der Waals surface area contributed by atoms with Crippen LogP contribution in [0, 0.1) is 0 Å². The van der Waals surface area contributed by atoms with Crippen molar-refractivity contribution in [2.75, 3.05) is 0 Å². The van der Waals surface area contributed by atoms with E-state index in [1.807, 2.05) is 16.8 Å². The van der Waals surface area contributed by atoms with Gasteiger partial charge in [0.15, 0.2) is 6.29 Å². The summed E-state index contributed by atoms with van der Waals surface area (Å²) in [4.78, 5) is 15.6. The van der Waals surface area contributed by atoms with Crippen LogP contribution in [0.5, 0.6) is 0 Å². The summed E-state index contributed by atoms with van der Waals surface area (Å²) in [5, 5.41) is 4.55. The lowest BCUT2D eigenvalue weighted by Gasteiger charge is -2.18. The van der Waals surface area contributed by atoms with Crippen molar-refractivity contribution in [1.82, 2.24) is 14.8 Å². The van der Waals surface area contributed by atoms with Gasteiger partial charge in [-0.3, -0.25) is 14.5 Å². The first kappa shape index (κ1) is 13.5. The minimum Gasteiger partial charge on any atom is -0.298 e. The van der Waals surface area contributed by atoms with Gasteiger partial charge in [-0.15, -0.1) is 0 Å². The van der Waals surface area contributed by atoms with E-state index in [-0.39, 0.29) is 5.54 Å². The van der Waals surface area contributed by atoms with Crippen molar-refractivity contribution < 1.29 is 4.79 Å². The first-order valence-electron chi connectivity index (χ1n) is 6.47. The lowest BCUT2D eigenvalue weighted by molar-refractivity contribution is 0.112. The second-order valence-corrected chi connectivity index (χ2v) is 5.53. The number of hydrogen-bond acceptors (Lipinski definition) is 3. The molecule has 2 rings (SSSR count). The van der Waals surface area contributed by atoms with Crippen molar-refractivity contribution >= 4 is 6.29 Å². The highest BCUT2D eigenvalue weighted by molar-refractivity contribution is 5.85. The Morgan fingerprint density at radius 1 is 1.32 bits per heavy atom. The Morgan fingerprint density at radius 3 is 2.63 bits per heavy atom. The zero-order chi connectivity index (χ0) is 14.0. The Labute approximate surface area is 113 Å². The second kappa shape index (κ2) is 4.96. The summed E-state index contributed by atoms with van der Waals surface area (Å²) in [6.07, 6.45) is 5.23. The summed E-state index contributed by atoms with van der Waals surface area (Å²) in [6.45, 7) is 8.23. The lowest BCUT2D eigenvalue weighted by Crippen LogP contribution is -2.22. The van der Waals surface area contributed by atoms with Crippen molar-refractivity contribution in [3.63, 3.8) is 0 Å². The number of aldehydes is 1. The Balaban J connectivity index is 2.61. The monoisotopic (exact) mass is 257 g/mol. The van der Waals surface area contributed by atoms with Gasteiger partial charge < -0.3 is 0 Å². The maximum absolute atomic E-state index is 11.3. The van der Waals surface area contributed by atoms with Crippen LogP contribution in [-0.4, -0.2) is 21.1 Å². The molecule has 0 atom stereocenters. The number of carbonyl (C=O) groups excluding carboxylic acids is 1. The van der Waals surface area contributed by atoms with Gasteiger partial charge in [-0.25, -0.2) is 0 Å². The Morgan fingerprint density at radius 2 is 2.05 bits per heavy atom. The average molecular weight is 257 g/mol.